The molecule has 1 aromatic rings. The molecule has 2 heterocycles. The standard InChI is InChI=1S/C15H22N2O3/c1-10(2)16-7-4-5-12(16)14(18)17-8-6-11(3)9-13(17)15(19)20/h4-5,7,10-11,13H,6,8-9H2,1-3H3,(H,19,20). The zero-order chi connectivity index (χ0) is 14.9. The van der Waals surface area contributed by atoms with Crippen LogP contribution in [0.2, 0.25) is 0 Å². The van der Waals surface area contributed by atoms with Crippen LogP contribution in [-0.2, 0) is 4.79 Å². The molecule has 1 saturated heterocycles. The number of carboxylic acid groups (broad SMARTS) is 1. The van der Waals surface area contributed by atoms with Crippen molar-refractivity contribution in [1.82, 2.24) is 9.47 Å². The minimum Gasteiger partial charge on any atom is -0.480 e. The number of piperidine rings is 1. The number of carbonyl (C=O) groups is 2. The molecule has 1 amide bonds. The van der Waals surface area contributed by atoms with E-state index in [9.17, 15) is 14.7 Å². The average Bonchev–Trinajstić information content (AvgIpc) is 2.87. The molecule has 0 aliphatic carbocycles. The molecule has 5 nitrogen and oxygen atoms in total. The fourth-order valence-electron chi connectivity index (χ4n) is 2.79. The van der Waals surface area contributed by atoms with Crippen LogP contribution in [0, 0.1) is 5.92 Å². The monoisotopic (exact) mass is 278 g/mol. The summed E-state index contributed by atoms with van der Waals surface area (Å²) >= 11 is 0. The van der Waals surface area contributed by atoms with E-state index in [1.165, 1.54) is 4.90 Å². The summed E-state index contributed by atoms with van der Waals surface area (Å²) in [5.74, 6) is -0.743. The van der Waals surface area contributed by atoms with Crippen LogP contribution >= 0.6 is 0 Å². The van der Waals surface area contributed by atoms with E-state index in [-0.39, 0.29) is 11.9 Å². The van der Waals surface area contributed by atoms with Gasteiger partial charge in [0.05, 0.1) is 0 Å². The third-order valence-electron chi connectivity index (χ3n) is 3.96. The number of aromatic nitrogens is 1. The number of rotatable bonds is 3. The van der Waals surface area contributed by atoms with Gasteiger partial charge in [-0.25, -0.2) is 4.79 Å². The molecule has 2 rings (SSSR count). The summed E-state index contributed by atoms with van der Waals surface area (Å²) in [7, 11) is 0. The fourth-order valence-corrected chi connectivity index (χ4v) is 2.79. The quantitative estimate of drug-likeness (QED) is 0.923. The van der Waals surface area contributed by atoms with Crippen molar-refractivity contribution in [2.75, 3.05) is 6.54 Å². The Labute approximate surface area is 119 Å². The minimum absolute atomic E-state index is 0.177. The Morgan fingerprint density at radius 1 is 1.40 bits per heavy atom. The highest BCUT2D eigenvalue weighted by Gasteiger charge is 2.36. The summed E-state index contributed by atoms with van der Waals surface area (Å²) in [5.41, 5.74) is 0.570. The van der Waals surface area contributed by atoms with Gasteiger partial charge in [0.1, 0.15) is 11.7 Å². The third-order valence-corrected chi connectivity index (χ3v) is 3.96. The number of carboxylic acids is 1. The van der Waals surface area contributed by atoms with Crippen molar-refractivity contribution in [3.05, 3.63) is 24.0 Å². The summed E-state index contributed by atoms with van der Waals surface area (Å²) in [6.07, 6.45) is 3.25. The largest absolute Gasteiger partial charge is 0.480 e. The predicted molar refractivity (Wildman–Crippen MR) is 75.7 cm³/mol. The van der Waals surface area contributed by atoms with E-state index in [0.29, 0.717) is 24.6 Å². The number of aliphatic carboxylic acids is 1. The van der Waals surface area contributed by atoms with Crippen LogP contribution in [0.15, 0.2) is 18.3 Å². The van der Waals surface area contributed by atoms with E-state index < -0.39 is 12.0 Å². The maximum Gasteiger partial charge on any atom is 0.326 e. The first-order chi connectivity index (χ1) is 9.41. The van der Waals surface area contributed by atoms with E-state index in [1.54, 1.807) is 6.07 Å². The summed E-state index contributed by atoms with van der Waals surface area (Å²) in [4.78, 5) is 25.6. The zero-order valence-corrected chi connectivity index (χ0v) is 12.2. The zero-order valence-electron chi connectivity index (χ0n) is 12.2. The van der Waals surface area contributed by atoms with Crippen LogP contribution in [0.5, 0.6) is 0 Å². The van der Waals surface area contributed by atoms with Crippen molar-refractivity contribution in [3.63, 3.8) is 0 Å². The maximum absolute atomic E-state index is 12.6. The lowest BCUT2D eigenvalue weighted by atomic mass is 9.92. The van der Waals surface area contributed by atoms with Crippen molar-refractivity contribution < 1.29 is 14.7 Å². The molecule has 1 fully saturated rings. The van der Waals surface area contributed by atoms with Gasteiger partial charge < -0.3 is 14.6 Å². The molecule has 2 unspecified atom stereocenters. The number of carbonyl (C=O) groups excluding carboxylic acids is 1. The molecule has 1 aliphatic rings. The van der Waals surface area contributed by atoms with Gasteiger partial charge in [0.15, 0.2) is 0 Å². The van der Waals surface area contributed by atoms with Crippen LogP contribution < -0.4 is 0 Å². The van der Waals surface area contributed by atoms with Gasteiger partial charge in [0.2, 0.25) is 0 Å². The highest BCUT2D eigenvalue weighted by molar-refractivity contribution is 5.95. The Morgan fingerprint density at radius 3 is 2.70 bits per heavy atom. The second kappa shape index (κ2) is 5.69. The van der Waals surface area contributed by atoms with E-state index >= 15 is 0 Å². The number of nitrogens with zero attached hydrogens (tertiary/aromatic N) is 2. The van der Waals surface area contributed by atoms with Crippen LogP contribution in [0.4, 0.5) is 0 Å². The summed E-state index contributed by atoms with van der Waals surface area (Å²) in [5, 5.41) is 9.35. The molecule has 0 spiro atoms. The Morgan fingerprint density at radius 2 is 2.10 bits per heavy atom. The highest BCUT2D eigenvalue weighted by Crippen LogP contribution is 2.25. The van der Waals surface area contributed by atoms with Crippen LogP contribution in [0.1, 0.15) is 50.1 Å². The molecule has 0 bridgehead atoms. The number of hydrogen-bond donors (Lipinski definition) is 1. The van der Waals surface area contributed by atoms with Crippen molar-refractivity contribution >= 4 is 11.9 Å². The molecule has 1 N–H and O–H groups in total. The Bertz CT molecular complexity index is 507. The molecule has 2 atom stereocenters. The molecule has 110 valence electrons. The van der Waals surface area contributed by atoms with Gasteiger partial charge in [0.25, 0.3) is 5.91 Å². The van der Waals surface area contributed by atoms with Gasteiger partial charge in [0, 0.05) is 18.8 Å². The SMILES string of the molecule is CC1CCN(C(=O)c2cccn2C(C)C)C(C(=O)O)C1. The van der Waals surface area contributed by atoms with Crippen LogP contribution in [-0.4, -0.2) is 39.0 Å². The molecule has 5 heteroatoms. The van der Waals surface area contributed by atoms with Gasteiger partial charge >= 0.3 is 5.97 Å². The van der Waals surface area contributed by atoms with Gasteiger partial charge in [-0.3, -0.25) is 4.79 Å². The molecule has 0 saturated carbocycles. The van der Waals surface area contributed by atoms with E-state index in [2.05, 4.69) is 0 Å². The minimum atomic E-state index is -0.910. The predicted octanol–water partition coefficient (Wildman–Crippen LogP) is 2.39. The van der Waals surface area contributed by atoms with Crippen molar-refractivity contribution in [2.45, 2.75) is 45.7 Å². The first-order valence-corrected chi connectivity index (χ1v) is 7.12. The summed E-state index contributed by atoms with van der Waals surface area (Å²) in [6.45, 7) is 6.56. The first-order valence-electron chi connectivity index (χ1n) is 7.12. The van der Waals surface area contributed by atoms with E-state index in [1.807, 2.05) is 37.6 Å². The lowest BCUT2D eigenvalue weighted by Gasteiger charge is -2.36. The van der Waals surface area contributed by atoms with Gasteiger partial charge in [-0.2, -0.15) is 0 Å². The molecule has 1 aliphatic heterocycles. The smallest absolute Gasteiger partial charge is 0.326 e. The number of hydrogen-bond acceptors (Lipinski definition) is 2. The van der Waals surface area contributed by atoms with Crippen LogP contribution in [0.3, 0.4) is 0 Å². The molecule has 0 aromatic carbocycles. The lowest BCUT2D eigenvalue weighted by Crippen LogP contribution is -2.50. The fraction of sp³-hybridized carbons (Fsp3) is 0.600. The number of amides is 1. The summed E-state index contributed by atoms with van der Waals surface area (Å²) < 4.78 is 1.89. The summed E-state index contributed by atoms with van der Waals surface area (Å²) in [6, 6.07) is 3.06. The van der Waals surface area contributed by atoms with E-state index in [0.717, 1.165) is 6.42 Å². The van der Waals surface area contributed by atoms with Gasteiger partial charge in [-0.1, -0.05) is 6.92 Å². The second-order valence-electron chi connectivity index (χ2n) is 5.88. The Hall–Kier alpha value is -1.78. The van der Waals surface area contributed by atoms with Crippen molar-refractivity contribution in [1.29, 1.82) is 0 Å². The normalized spacial score (nSPS) is 23.1. The van der Waals surface area contributed by atoms with Crippen molar-refractivity contribution in [2.24, 2.45) is 5.92 Å². The molecular formula is C15H22N2O3. The topological polar surface area (TPSA) is 62.5 Å². The average molecular weight is 278 g/mol. The third kappa shape index (κ3) is 2.71. The second-order valence-corrected chi connectivity index (χ2v) is 5.88. The van der Waals surface area contributed by atoms with Crippen molar-refractivity contribution in [3.8, 4) is 0 Å². The molecule has 0 radical (unpaired) electrons. The van der Waals surface area contributed by atoms with Gasteiger partial charge in [-0.05, 0) is 44.7 Å². The highest BCUT2D eigenvalue weighted by atomic mass is 16.4. The Kier molecular flexibility index (Phi) is 4.16. The van der Waals surface area contributed by atoms with E-state index in [4.69, 9.17) is 0 Å². The number of likely N-dealkylation sites (tertiary alicyclic amines) is 1. The molecular weight excluding hydrogens is 256 g/mol. The molecule has 20 heavy (non-hydrogen) atoms. The molecule has 1 aromatic heterocycles. The lowest BCUT2D eigenvalue weighted by molar-refractivity contribution is -0.144. The first kappa shape index (κ1) is 14.6. The van der Waals surface area contributed by atoms with Gasteiger partial charge in [-0.15, -0.1) is 0 Å². The van der Waals surface area contributed by atoms with Crippen LogP contribution in [0.25, 0.3) is 0 Å². The maximum atomic E-state index is 12.6. The Balaban J connectivity index is 2.26.